The second-order valence-electron chi connectivity index (χ2n) is 6.04. The number of pyridine rings is 2. The number of anilines is 1. The lowest BCUT2D eigenvalue weighted by Crippen LogP contribution is -2.12. The number of halogens is 2. The van der Waals surface area contributed by atoms with Crippen molar-refractivity contribution in [2.45, 2.75) is 6.92 Å². The second-order valence-corrected chi connectivity index (χ2v) is 6.04. The van der Waals surface area contributed by atoms with E-state index in [1.165, 1.54) is 0 Å². The Morgan fingerprint density at radius 1 is 1.00 bits per heavy atom. The number of aryl methyl sites for hydroxylation is 1. The lowest BCUT2D eigenvalue weighted by molar-refractivity contribution is 0.102. The highest BCUT2D eigenvalue weighted by atomic mass is 19.1. The Hall–Kier alpha value is -3.61. The molecule has 0 aliphatic rings. The number of fused-ring (bicyclic) bond motifs is 1. The van der Waals surface area contributed by atoms with E-state index >= 15 is 0 Å². The SMILES string of the molecule is Cc1cccc(-c2cccc3nc(C(=O)Nc4cc(F)cc(F)c4)cn23)n1. The minimum atomic E-state index is -0.770. The molecule has 0 aliphatic carbocycles. The largest absolute Gasteiger partial charge is 0.320 e. The molecule has 134 valence electrons. The van der Waals surface area contributed by atoms with Crippen LogP contribution in [0.1, 0.15) is 16.2 Å². The maximum Gasteiger partial charge on any atom is 0.275 e. The van der Waals surface area contributed by atoms with Gasteiger partial charge in [0.25, 0.3) is 5.91 Å². The van der Waals surface area contributed by atoms with Crippen LogP contribution in [0.4, 0.5) is 14.5 Å². The molecular formula is C20H14F2N4O. The van der Waals surface area contributed by atoms with Crippen molar-refractivity contribution in [2.75, 3.05) is 5.32 Å². The van der Waals surface area contributed by atoms with Gasteiger partial charge >= 0.3 is 0 Å². The monoisotopic (exact) mass is 364 g/mol. The van der Waals surface area contributed by atoms with Crippen molar-refractivity contribution in [3.8, 4) is 11.4 Å². The third-order valence-electron chi connectivity index (χ3n) is 4.00. The molecule has 1 N–H and O–H groups in total. The highest BCUT2D eigenvalue weighted by Crippen LogP contribution is 2.20. The molecule has 0 atom stereocenters. The third-order valence-corrected chi connectivity index (χ3v) is 4.00. The molecule has 4 aromatic rings. The van der Waals surface area contributed by atoms with E-state index < -0.39 is 17.5 Å². The molecule has 3 heterocycles. The summed E-state index contributed by atoms with van der Waals surface area (Å²) in [7, 11) is 0. The maximum atomic E-state index is 13.3. The van der Waals surface area contributed by atoms with Gasteiger partial charge in [0.2, 0.25) is 0 Å². The van der Waals surface area contributed by atoms with E-state index in [0.717, 1.165) is 35.3 Å². The Morgan fingerprint density at radius 2 is 1.74 bits per heavy atom. The van der Waals surface area contributed by atoms with Gasteiger partial charge in [-0.1, -0.05) is 12.1 Å². The lowest BCUT2D eigenvalue weighted by Gasteiger charge is -2.05. The summed E-state index contributed by atoms with van der Waals surface area (Å²) >= 11 is 0. The molecule has 5 nitrogen and oxygen atoms in total. The molecule has 0 aliphatic heterocycles. The zero-order valence-electron chi connectivity index (χ0n) is 14.3. The first-order chi connectivity index (χ1) is 13.0. The van der Waals surface area contributed by atoms with E-state index in [4.69, 9.17) is 0 Å². The van der Waals surface area contributed by atoms with E-state index in [1.54, 1.807) is 16.7 Å². The molecule has 7 heteroatoms. The molecule has 0 saturated heterocycles. The number of benzene rings is 1. The Morgan fingerprint density at radius 3 is 2.48 bits per heavy atom. The zero-order valence-corrected chi connectivity index (χ0v) is 14.3. The molecule has 0 fully saturated rings. The van der Waals surface area contributed by atoms with Gasteiger partial charge in [0.1, 0.15) is 23.0 Å². The van der Waals surface area contributed by atoms with Gasteiger partial charge in [0.05, 0.1) is 11.4 Å². The van der Waals surface area contributed by atoms with Gasteiger partial charge < -0.3 is 5.32 Å². The van der Waals surface area contributed by atoms with Crippen molar-refractivity contribution < 1.29 is 13.6 Å². The zero-order chi connectivity index (χ0) is 19.0. The first-order valence-corrected chi connectivity index (χ1v) is 8.19. The van der Waals surface area contributed by atoms with Gasteiger partial charge in [-0.3, -0.25) is 14.2 Å². The van der Waals surface area contributed by atoms with Crippen LogP contribution < -0.4 is 5.32 Å². The summed E-state index contributed by atoms with van der Waals surface area (Å²) in [5, 5.41) is 2.46. The summed E-state index contributed by atoms with van der Waals surface area (Å²) in [6.07, 6.45) is 1.57. The minimum Gasteiger partial charge on any atom is -0.320 e. The number of carbonyl (C=O) groups excluding carboxylic acids is 1. The molecule has 0 radical (unpaired) electrons. The second kappa shape index (κ2) is 6.60. The fourth-order valence-corrected chi connectivity index (χ4v) is 2.84. The topological polar surface area (TPSA) is 59.3 Å². The normalized spacial score (nSPS) is 10.9. The number of aromatic nitrogens is 3. The lowest BCUT2D eigenvalue weighted by atomic mass is 10.2. The summed E-state index contributed by atoms with van der Waals surface area (Å²) in [5.74, 6) is -2.10. The number of nitrogens with one attached hydrogen (secondary N) is 1. The number of imidazole rings is 1. The summed E-state index contributed by atoms with van der Waals surface area (Å²) in [6.45, 7) is 1.90. The van der Waals surface area contributed by atoms with Gasteiger partial charge in [-0.15, -0.1) is 0 Å². The van der Waals surface area contributed by atoms with Crippen LogP contribution in [0.15, 0.2) is 60.8 Å². The number of carbonyl (C=O) groups is 1. The smallest absolute Gasteiger partial charge is 0.275 e. The van der Waals surface area contributed by atoms with Crippen molar-refractivity contribution in [2.24, 2.45) is 0 Å². The molecule has 1 aromatic carbocycles. The van der Waals surface area contributed by atoms with Crippen LogP contribution in [0.25, 0.3) is 17.0 Å². The van der Waals surface area contributed by atoms with Crippen LogP contribution in [0.3, 0.4) is 0 Å². The molecular weight excluding hydrogens is 350 g/mol. The summed E-state index contributed by atoms with van der Waals surface area (Å²) in [4.78, 5) is 21.3. The van der Waals surface area contributed by atoms with Gasteiger partial charge in [-0.25, -0.2) is 13.8 Å². The average molecular weight is 364 g/mol. The van der Waals surface area contributed by atoms with Crippen molar-refractivity contribution in [3.63, 3.8) is 0 Å². The summed E-state index contributed by atoms with van der Waals surface area (Å²) in [6, 6.07) is 14.0. The number of hydrogen-bond acceptors (Lipinski definition) is 3. The summed E-state index contributed by atoms with van der Waals surface area (Å²) < 4.78 is 28.4. The van der Waals surface area contributed by atoms with Crippen LogP contribution in [-0.4, -0.2) is 20.3 Å². The Kier molecular flexibility index (Phi) is 4.12. The number of nitrogens with zero attached hydrogens (tertiary/aromatic N) is 3. The van der Waals surface area contributed by atoms with Gasteiger partial charge in [-0.2, -0.15) is 0 Å². The minimum absolute atomic E-state index is 0.0233. The first kappa shape index (κ1) is 16.8. The molecule has 0 bridgehead atoms. The van der Waals surface area contributed by atoms with Gasteiger partial charge in [0, 0.05) is 23.6 Å². The molecule has 0 saturated carbocycles. The third kappa shape index (κ3) is 3.39. The molecule has 4 rings (SSSR count). The predicted molar refractivity (Wildman–Crippen MR) is 97.5 cm³/mol. The number of amides is 1. The fourth-order valence-electron chi connectivity index (χ4n) is 2.84. The molecule has 1 amide bonds. The van der Waals surface area contributed by atoms with E-state index in [-0.39, 0.29) is 11.4 Å². The highest BCUT2D eigenvalue weighted by Gasteiger charge is 2.14. The fraction of sp³-hybridized carbons (Fsp3) is 0.0500. The van der Waals surface area contributed by atoms with Crippen molar-refractivity contribution >= 4 is 17.2 Å². The highest BCUT2D eigenvalue weighted by molar-refractivity contribution is 6.03. The molecule has 27 heavy (non-hydrogen) atoms. The van der Waals surface area contributed by atoms with Crippen LogP contribution in [0, 0.1) is 18.6 Å². The van der Waals surface area contributed by atoms with Crippen LogP contribution in [-0.2, 0) is 0 Å². The quantitative estimate of drug-likeness (QED) is 0.592. The van der Waals surface area contributed by atoms with Crippen LogP contribution in [0.2, 0.25) is 0 Å². The predicted octanol–water partition coefficient (Wildman–Crippen LogP) is 4.24. The molecule has 0 unspecified atom stereocenters. The summed E-state index contributed by atoms with van der Waals surface area (Å²) in [5.41, 5.74) is 3.11. The van der Waals surface area contributed by atoms with E-state index in [1.807, 2.05) is 37.3 Å². The first-order valence-electron chi connectivity index (χ1n) is 8.19. The average Bonchev–Trinajstić information content (AvgIpc) is 3.05. The Balaban J connectivity index is 1.71. The number of rotatable bonds is 3. The van der Waals surface area contributed by atoms with Crippen molar-refractivity contribution in [1.82, 2.24) is 14.4 Å². The maximum absolute atomic E-state index is 13.3. The van der Waals surface area contributed by atoms with E-state index in [9.17, 15) is 13.6 Å². The molecule has 0 spiro atoms. The Bertz CT molecular complexity index is 1150. The van der Waals surface area contributed by atoms with E-state index in [2.05, 4.69) is 15.3 Å². The van der Waals surface area contributed by atoms with Crippen LogP contribution >= 0.6 is 0 Å². The van der Waals surface area contributed by atoms with Crippen LogP contribution in [0.5, 0.6) is 0 Å². The Labute approximate surface area is 153 Å². The van der Waals surface area contributed by atoms with Crippen molar-refractivity contribution in [3.05, 3.63) is 83.8 Å². The van der Waals surface area contributed by atoms with Gasteiger partial charge in [0.15, 0.2) is 0 Å². The van der Waals surface area contributed by atoms with E-state index in [0.29, 0.717) is 5.65 Å². The molecule has 3 aromatic heterocycles. The standard InChI is InChI=1S/C20H14F2N4O/c1-12-4-2-5-16(23-12)18-6-3-7-19-25-17(11-26(18)19)20(27)24-15-9-13(21)8-14(22)10-15/h2-11H,1H3,(H,24,27). The number of hydrogen-bond donors (Lipinski definition) is 1. The van der Waals surface area contributed by atoms with Gasteiger partial charge in [-0.05, 0) is 43.3 Å². The van der Waals surface area contributed by atoms with Crippen molar-refractivity contribution in [1.29, 1.82) is 0 Å².